The summed E-state index contributed by atoms with van der Waals surface area (Å²) in [6, 6.07) is 4.11. The molecule has 0 spiro atoms. The maximum Gasteiger partial charge on any atom is 0.390 e. The van der Waals surface area contributed by atoms with Crippen LogP contribution in [0.2, 0.25) is 5.02 Å². The molecule has 0 aliphatic carbocycles. The van der Waals surface area contributed by atoms with E-state index < -0.39 is 18.6 Å². The van der Waals surface area contributed by atoms with Gasteiger partial charge in [0, 0.05) is 32.2 Å². The first-order chi connectivity index (χ1) is 9.90. The third kappa shape index (κ3) is 6.55. The molecule has 0 saturated carbocycles. The number of benzene rings is 1. The normalized spacial score (nSPS) is 16.9. The lowest BCUT2D eigenvalue weighted by Crippen LogP contribution is -2.46. The van der Waals surface area contributed by atoms with Crippen LogP contribution in [0.25, 0.3) is 0 Å². The molecule has 134 valence electrons. The monoisotopic (exact) mass is 394 g/mol. The third-order valence-corrected chi connectivity index (χ3v) is 3.89. The van der Waals surface area contributed by atoms with Crippen molar-refractivity contribution in [1.82, 2.24) is 10.2 Å². The topological polar surface area (TPSA) is 24.5 Å². The van der Waals surface area contributed by atoms with E-state index in [0.717, 1.165) is 0 Å². The summed E-state index contributed by atoms with van der Waals surface area (Å²) >= 11 is 5.95. The molecule has 9 heteroatoms. The zero-order valence-electron chi connectivity index (χ0n) is 12.5. The van der Waals surface area contributed by atoms with Crippen LogP contribution in [-0.2, 0) is 0 Å². The molecule has 0 bridgehead atoms. The van der Waals surface area contributed by atoms with Crippen LogP contribution in [0.15, 0.2) is 18.2 Å². The number of rotatable bonds is 4. The van der Waals surface area contributed by atoms with Crippen LogP contribution < -0.4 is 10.1 Å². The molecule has 0 radical (unpaired) electrons. The largest absolute Gasteiger partial charge is 0.495 e. The van der Waals surface area contributed by atoms with Gasteiger partial charge in [0.25, 0.3) is 0 Å². The van der Waals surface area contributed by atoms with Gasteiger partial charge in [-0.1, -0.05) is 17.7 Å². The molecule has 1 aromatic rings. The Morgan fingerprint density at radius 3 is 2.39 bits per heavy atom. The quantitative estimate of drug-likeness (QED) is 0.831. The first kappa shape index (κ1) is 22.6. The van der Waals surface area contributed by atoms with E-state index in [-0.39, 0.29) is 24.8 Å². The maximum atomic E-state index is 12.9. The number of alkyl halides is 3. The van der Waals surface area contributed by atoms with E-state index in [1.165, 1.54) is 7.11 Å². The summed E-state index contributed by atoms with van der Waals surface area (Å²) in [6.07, 6.45) is -5.10. The van der Waals surface area contributed by atoms with Gasteiger partial charge in [0.15, 0.2) is 0 Å². The highest BCUT2D eigenvalue weighted by Crippen LogP contribution is 2.36. The average Bonchev–Trinajstić information content (AvgIpc) is 2.45. The van der Waals surface area contributed by atoms with Crippen molar-refractivity contribution in [3.63, 3.8) is 0 Å². The van der Waals surface area contributed by atoms with Crippen LogP contribution in [0.5, 0.6) is 5.75 Å². The molecule has 0 aromatic heterocycles. The number of hydrogen-bond acceptors (Lipinski definition) is 3. The first-order valence-corrected chi connectivity index (χ1v) is 7.13. The highest BCUT2D eigenvalue weighted by molar-refractivity contribution is 6.32. The van der Waals surface area contributed by atoms with E-state index in [4.69, 9.17) is 16.3 Å². The van der Waals surface area contributed by atoms with E-state index in [1.54, 1.807) is 18.2 Å². The van der Waals surface area contributed by atoms with Crippen molar-refractivity contribution >= 4 is 36.4 Å². The number of nitrogens with zero attached hydrogens (tertiary/aromatic N) is 1. The van der Waals surface area contributed by atoms with Crippen molar-refractivity contribution in [3.8, 4) is 5.75 Å². The van der Waals surface area contributed by atoms with Gasteiger partial charge in [0.1, 0.15) is 5.75 Å². The Kier molecular flexibility index (Phi) is 9.62. The molecule has 1 aliphatic heterocycles. The second kappa shape index (κ2) is 9.79. The minimum atomic E-state index is -4.22. The second-order valence-corrected chi connectivity index (χ2v) is 5.42. The predicted octanol–water partition coefficient (Wildman–Crippen LogP) is 4.09. The highest BCUT2D eigenvalue weighted by atomic mass is 35.5. The Hall–Kier alpha value is -0.400. The van der Waals surface area contributed by atoms with Gasteiger partial charge in [-0.15, -0.1) is 24.8 Å². The summed E-state index contributed by atoms with van der Waals surface area (Å²) in [6.45, 7) is 2.57. The lowest BCUT2D eigenvalue weighted by atomic mass is 10.0. The van der Waals surface area contributed by atoms with E-state index in [2.05, 4.69) is 5.32 Å². The lowest BCUT2D eigenvalue weighted by Gasteiger charge is -2.35. The number of ether oxygens (including phenoxy) is 1. The number of methoxy groups -OCH3 is 1. The predicted molar refractivity (Wildman–Crippen MR) is 90.4 cm³/mol. The van der Waals surface area contributed by atoms with Crippen LogP contribution in [0.1, 0.15) is 18.0 Å². The SMILES string of the molecule is COc1cc([C@@H](CC(F)(F)F)N2CCNCC2)ccc1Cl.Cl.Cl. The third-order valence-electron chi connectivity index (χ3n) is 3.58. The molecule has 1 aliphatic rings. The van der Waals surface area contributed by atoms with Crippen molar-refractivity contribution in [2.45, 2.75) is 18.6 Å². The van der Waals surface area contributed by atoms with E-state index in [1.807, 2.05) is 4.90 Å². The van der Waals surface area contributed by atoms with Crippen LogP contribution in [0, 0.1) is 0 Å². The van der Waals surface area contributed by atoms with Gasteiger partial charge in [-0.05, 0) is 17.7 Å². The summed E-state index contributed by atoms with van der Waals surface area (Å²) in [5.41, 5.74) is 0.579. The van der Waals surface area contributed by atoms with Gasteiger partial charge in [0.2, 0.25) is 0 Å². The van der Waals surface area contributed by atoms with Gasteiger partial charge in [0.05, 0.1) is 18.6 Å². The summed E-state index contributed by atoms with van der Waals surface area (Å²) in [4.78, 5) is 1.85. The summed E-state index contributed by atoms with van der Waals surface area (Å²) in [5, 5.41) is 3.54. The van der Waals surface area contributed by atoms with Crippen LogP contribution >= 0.6 is 36.4 Å². The van der Waals surface area contributed by atoms with Crippen molar-refractivity contribution in [2.75, 3.05) is 33.3 Å². The van der Waals surface area contributed by atoms with Crippen LogP contribution in [0.3, 0.4) is 0 Å². The molecule has 1 aromatic carbocycles. The van der Waals surface area contributed by atoms with Crippen molar-refractivity contribution in [1.29, 1.82) is 0 Å². The molecule has 1 N–H and O–H groups in total. The number of hydrogen-bond donors (Lipinski definition) is 1. The smallest absolute Gasteiger partial charge is 0.390 e. The Morgan fingerprint density at radius 2 is 1.87 bits per heavy atom. The number of piperazine rings is 1. The van der Waals surface area contributed by atoms with Gasteiger partial charge >= 0.3 is 6.18 Å². The molecular formula is C14H20Cl3F3N2O. The summed E-state index contributed by atoms with van der Waals surface area (Å²) in [5.74, 6) is 0.400. The standard InChI is InChI=1S/C14H18ClF3N2O.2ClH/c1-21-13-8-10(2-3-11(13)15)12(9-14(16,17)18)20-6-4-19-5-7-20;;/h2-3,8,12,19H,4-7,9H2,1H3;2*1H/t12-;;/m1../s1. The Balaban J connectivity index is 0.00000242. The molecular weight excluding hydrogens is 376 g/mol. The van der Waals surface area contributed by atoms with Crippen molar-refractivity contribution < 1.29 is 17.9 Å². The van der Waals surface area contributed by atoms with Gasteiger partial charge < -0.3 is 10.1 Å². The first-order valence-electron chi connectivity index (χ1n) is 6.75. The average molecular weight is 396 g/mol. The molecule has 23 heavy (non-hydrogen) atoms. The fraction of sp³-hybridized carbons (Fsp3) is 0.571. The zero-order valence-corrected chi connectivity index (χ0v) is 14.9. The molecule has 0 unspecified atom stereocenters. The second-order valence-electron chi connectivity index (χ2n) is 5.02. The van der Waals surface area contributed by atoms with E-state index in [9.17, 15) is 13.2 Å². The molecule has 3 nitrogen and oxygen atoms in total. The maximum absolute atomic E-state index is 12.9. The van der Waals surface area contributed by atoms with E-state index >= 15 is 0 Å². The van der Waals surface area contributed by atoms with Gasteiger partial charge in [-0.3, -0.25) is 4.90 Å². The molecule has 1 fully saturated rings. The molecule has 1 saturated heterocycles. The Morgan fingerprint density at radius 1 is 1.26 bits per heavy atom. The summed E-state index contributed by atoms with van der Waals surface area (Å²) in [7, 11) is 1.45. The molecule has 1 atom stereocenters. The Labute approximate surface area is 151 Å². The van der Waals surface area contributed by atoms with Crippen LogP contribution in [-0.4, -0.2) is 44.4 Å². The van der Waals surface area contributed by atoms with E-state index in [0.29, 0.717) is 42.5 Å². The molecule has 0 amide bonds. The lowest BCUT2D eigenvalue weighted by molar-refractivity contribution is -0.148. The molecule has 1 heterocycles. The fourth-order valence-corrected chi connectivity index (χ4v) is 2.75. The highest BCUT2D eigenvalue weighted by Gasteiger charge is 2.36. The van der Waals surface area contributed by atoms with Gasteiger partial charge in [-0.2, -0.15) is 13.2 Å². The zero-order chi connectivity index (χ0) is 15.5. The van der Waals surface area contributed by atoms with Crippen molar-refractivity contribution in [3.05, 3.63) is 28.8 Å². The Bertz CT molecular complexity index is 483. The minimum absolute atomic E-state index is 0. The number of halogens is 6. The minimum Gasteiger partial charge on any atom is -0.495 e. The fourth-order valence-electron chi connectivity index (χ4n) is 2.55. The van der Waals surface area contributed by atoms with Crippen molar-refractivity contribution in [2.24, 2.45) is 0 Å². The number of nitrogens with one attached hydrogen (secondary N) is 1. The molecule has 2 rings (SSSR count). The summed E-state index contributed by atoms with van der Waals surface area (Å²) < 4.78 is 43.8. The van der Waals surface area contributed by atoms with Gasteiger partial charge in [-0.25, -0.2) is 0 Å². The van der Waals surface area contributed by atoms with Crippen LogP contribution in [0.4, 0.5) is 13.2 Å².